The van der Waals surface area contributed by atoms with E-state index in [-0.39, 0.29) is 6.10 Å². The summed E-state index contributed by atoms with van der Waals surface area (Å²) in [6, 6.07) is 8.23. The summed E-state index contributed by atoms with van der Waals surface area (Å²) in [5.74, 6) is 0. The Labute approximate surface area is 99.5 Å². The maximum absolute atomic E-state index is 9.30. The highest BCUT2D eigenvalue weighted by molar-refractivity contribution is 5.96. The van der Waals surface area contributed by atoms with Gasteiger partial charge in [-0.1, -0.05) is 18.2 Å². The van der Waals surface area contributed by atoms with E-state index in [1.165, 1.54) is 0 Å². The van der Waals surface area contributed by atoms with Crippen LogP contribution < -0.4 is 11.1 Å². The van der Waals surface area contributed by atoms with Crippen LogP contribution in [0.2, 0.25) is 0 Å². The highest BCUT2D eigenvalue weighted by atomic mass is 16.3. The van der Waals surface area contributed by atoms with Crippen molar-refractivity contribution in [2.75, 3.05) is 11.1 Å². The fraction of sp³-hybridized carbons (Fsp3) is 0.308. The van der Waals surface area contributed by atoms with Crippen molar-refractivity contribution in [2.45, 2.75) is 25.0 Å². The molecule has 0 aliphatic heterocycles. The lowest BCUT2D eigenvalue weighted by atomic mass is 9.89. The van der Waals surface area contributed by atoms with Gasteiger partial charge in [0, 0.05) is 11.4 Å². The number of benzene rings is 1. The fourth-order valence-electron chi connectivity index (χ4n) is 2.23. The van der Waals surface area contributed by atoms with Crippen LogP contribution in [0, 0.1) is 0 Å². The van der Waals surface area contributed by atoms with E-state index in [2.05, 4.69) is 10.3 Å². The van der Waals surface area contributed by atoms with E-state index in [4.69, 9.17) is 5.73 Å². The number of nitrogen functional groups attached to an aromatic ring is 1. The van der Waals surface area contributed by atoms with Gasteiger partial charge in [0.1, 0.15) is 0 Å². The zero-order chi connectivity index (χ0) is 11.8. The molecule has 1 fully saturated rings. The number of aliphatic hydroxyl groups is 1. The van der Waals surface area contributed by atoms with E-state index in [0.29, 0.717) is 11.7 Å². The zero-order valence-corrected chi connectivity index (χ0v) is 9.43. The second-order valence-corrected chi connectivity index (χ2v) is 4.57. The fourth-order valence-corrected chi connectivity index (χ4v) is 2.23. The first-order valence-electron chi connectivity index (χ1n) is 5.82. The second-order valence-electron chi connectivity index (χ2n) is 4.57. The van der Waals surface area contributed by atoms with Crippen molar-refractivity contribution in [1.82, 2.24) is 4.98 Å². The van der Waals surface area contributed by atoms with Crippen LogP contribution in [0.4, 0.5) is 11.4 Å². The molecule has 0 amide bonds. The van der Waals surface area contributed by atoms with Gasteiger partial charge in [0.15, 0.2) is 0 Å². The smallest absolute Gasteiger partial charge is 0.0743 e. The Morgan fingerprint density at radius 1 is 1.29 bits per heavy atom. The van der Waals surface area contributed by atoms with Gasteiger partial charge in [-0.2, -0.15) is 0 Å². The Hall–Kier alpha value is -1.81. The van der Waals surface area contributed by atoms with E-state index in [9.17, 15) is 5.11 Å². The number of rotatable bonds is 2. The monoisotopic (exact) mass is 229 g/mol. The molecular formula is C13H15N3O. The molecule has 1 aliphatic carbocycles. The van der Waals surface area contributed by atoms with Gasteiger partial charge in [-0.05, 0) is 18.9 Å². The molecule has 0 atom stereocenters. The first-order valence-corrected chi connectivity index (χ1v) is 5.82. The van der Waals surface area contributed by atoms with Gasteiger partial charge in [0.2, 0.25) is 0 Å². The number of nitrogens with zero attached hydrogens (tertiary/aromatic N) is 1. The minimum Gasteiger partial charge on any atom is -0.396 e. The van der Waals surface area contributed by atoms with Crippen LogP contribution in [0.5, 0.6) is 0 Å². The van der Waals surface area contributed by atoms with E-state index in [0.717, 1.165) is 29.4 Å². The lowest BCUT2D eigenvalue weighted by Gasteiger charge is -2.33. The van der Waals surface area contributed by atoms with Crippen LogP contribution in [0.3, 0.4) is 0 Å². The summed E-state index contributed by atoms with van der Waals surface area (Å²) in [5.41, 5.74) is 8.49. The van der Waals surface area contributed by atoms with Crippen molar-refractivity contribution in [2.24, 2.45) is 0 Å². The molecule has 88 valence electrons. The average molecular weight is 229 g/mol. The van der Waals surface area contributed by atoms with Crippen LogP contribution in [-0.4, -0.2) is 22.2 Å². The van der Waals surface area contributed by atoms with Crippen molar-refractivity contribution >= 4 is 22.3 Å². The summed E-state index contributed by atoms with van der Waals surface area (Å²) in [5, 5.41) is 13.7. The minimum absolute atomic E-state index is 0.165. The molecule has 0 unspecified atom stereocenters. The Kier molecular flexibility index (Phi) is 2.37. The van der Waals surface area contributed by atoms with Crippen molar-refractivity contribution < 1.29 is 5.11 Å². The molecule has 1 aromatic carbocycles. The molecule has 0 radical (unpaired) electrons. The Morgan fingerprint density at radius 3 is 2.82 bits per heavy atom. The lowest BCUT2D eigenvalue weighted by Crippen LogP contribution is -2.39. The Bertz CT molecular complexity index is 549. The van der Waals surface area contributed by atoms with E-state index in [1.54, 1.807) is 6.20 Å². The molecule has 4 nitrogen and oxygen atoms in total. The number of aliphatic hydroxyl groups excluding tert-OH is 1. The first kappa shape index (κ1) is 10.4. The van der Waals surface area contributed by atoms with Gasteiger partial charge in [-0.15, -0.1) is 0 Å². The predicted molar refractivity (Wildman–Crippen MR) is 68.8 cm³/mol. The zero-order valence-electron chi connectivity index (χ0n) is 9.43. The largest absolute Gasteiger partial charge is 0.396 e. The molecular weight excluding hydrogens is 214 g/mol. The summed E-state index contributed by atoms with van der Waals surface area (Å²) in [6.07, 6.45) is 3.09. The summed E-state index contributed by atoms with van der Waals surface area (Å²) in [6.45, 7) is 0. The average Bonchev–Trinajstić information content (AvgIpc) is 2.30. The van der Waals surface area contributed by atoms with Crippen LogP contribution in [-0.2, 0) is 0 Å². The number of hydrogen-bond acceptors (Lipinski definition) is 4. The molecule has 0 bridgehead atoms. The number of nitrogens with one attached hydrogen (secondary N) is 1. The molecule has 4 heteroatoms. The van der Waals surface area contributed by atoms with Crippen molar-refractivity contribution in [3.05, 3.63) is 30.5 Å². The van der Waals surface area contributed by atoms with Gasteiger partial charge in [-0.25, -0.2) is 0 Å². The third-order valence-electron chi connectivity index (χ3n) is 3.27. The number of para-hydroxylation sites is 1. The Balaban J connectivity index is 1.99. The van der Waals surface area contributed by atoms with Crippen molar-refractivity contribution in [3.63, 3.8) is 0 Å². The molecule has 3 rings (SSSR count). The normalized spacial score (nSPS) is 23.4. The molecule has 1 aromatic heterocycles. The number of aromatic nitrogens is 1. The van der Waals surface area contributed by atoms with Crippen LogP contribution in [0.25, 0.3) is 10.9 Å². The van der Waals surface area contributed by atoms with E-state index in [1.807, 2.05) is 24.3 Å². The number of hydrogen-bond donors (Lipinski definition) is 3. The van der Waals surface area contributed by atoms with Gasteiger partial charge in [0.25, 0.3) is 0 Å². The van der Waals surface area contributed by atoms with Crippen LogP contribution in [0.1, 0.15) is 12.8 Å². The maximum atomic E-state index is 9.30. The van der Waals surface area contributed by atoms with Gasteiger partial charge >= 0.3 is 0 Å². The summed E-state index contributed by atoms with van der Waals surface area (Å²) < 4.78 is 0. The first-order chi connectivity index (χ1) is 8.24. The lowest BCUT2D eigenvalue weighted by molar-refractivity contribution is 0.0837. The third kappa shape index (κ3) is 1.80. The third-order valence-corrected chi connectivity index (χ3v) is 3.27. The van der Waals surface area contributed by atoms with Crippen LogP contribution >= 0.6 is 0 Å². The molecule has 1 saturated carbocycles. The second kappa shape index (κ2) is 3.89. The molecule has 17 heavy (non-hydrogen) atoms. The maximum Gasteiger partial charge on any atom is 0.0743 e. The predicted octanol–water partition coefficient (Wildman–Crippen LogP) is 1.75. The van der Waals surface area contributed by atoms with Crippen molar-refractivity contribution in [3.8, 4) is 0 Å². The molecule has 2 aromatic rings. The molecule has 0 saturated heterocycles. The van der Waals surface area contributed by atoms with E-state index >= 15 is 0 Å². The molecule has 4 N–H and O–H groups in total. The molecule has 1 aliphatic rings. The SMILES string of the molecule is Nc1cnc2ccccc2c1NC1CC(O)C1. The van der Waals surface area contributed by atoms with Crippen LogP contribution in [0.15, 0.2) is 30.5 Å². The minimum atomic E-state index is -0.165. The van der Waals surface area contributed by atoms with Gasteiger partial charge in [-0.3, -0.25) is 4.98 Å². The summed E-state index contributed by atoms with van der Waals surface area (Å²) in [4.78, 5) is 4.29. The highest BCUT2D eigenvalue weighted by Crippen LogP contribution is 2.32. The number of fused-ring (bicyclic) bond motifs is 1. The number of pyridine rings is 1. The number of nitrogens with two attached hydrogens (primary N) is 1. The summed E-state index contributed by atoms with van der Waals surface area (Å²) >= 11 is 0. The number of anilines is 2. The molecule has 1 heterocycles. The standard InChI is InChI=1S/C13H15N3O/c14-11-7-15-12-4-2-1-3-10(12)13(11)16-8-5-9(17)6-8/h1-4,7-9,17H,5-6,14H2,(H,15,16). The van der Waals surface area contributed by atoms with Crippen molar-refractivity contribution in [1.29, 1.82) is 0 Å². The topological polar surface area (TPSA) is 71.2 Å². The summed E-state index contributed by atoms with van der Waals surface area (Å²) in [7, 11) is 0. The molecule has 0 spiro atoms. The van der Waals surface area contributed by atoms with Gasteiger partial charge < -0.3 is 16.2 Å². The Morgan fingerprint density at radius 2 is 2.06 bits per heavy atom. The quantitative estimate of drug-likeness (QED) is 0.733. The highest BCUT2D eigenvalue weighted by Gasteiger charge is 2.27. The van der Waals surface area contributed by atoms with E-state index < -0.39 is 0 Å². The van der Waals surface area contributed by atoms with Gasteiger partial charge in [0.05, 0.1) is 29.2 Å².